The van der Waals surface area contributed by atoms with Gasteiger partial charge in [0.2, 0.25) is 0 Å². The molecule has 0 radical (unpaired) electrons. The summed E-state index contributed by atoms with van der Waals surface area (Å²) in [5.74, 6) is -0.265. The third-order valence-corrected chi connectivity index (χ3v) is 4.79. The molecule has 0 unspecified atom stereocenters. The summed E-state index contributed by atoms with van der Waals surface area (Å²) in [5.41, 5.74) is 7.21. The van der Waals surface area contributed by atoms with Crippen LogP contribution >= 0.6 is 0 Å². The first-order valence-corrected chi connectivity index (χ1v) is 10.3. The summed E-state index contributed by atoms with van der Waals surface area (Å²) < 4.78 is 11.3. The zero-order valence-corrected chi connectivity index (χ0v) is 17.9. The SMILES string of the molecule is N=C(N)c1ccc(OCCOc2ccc(C[C@H](NC(=O)c3ccccc3)C(=O)O)cc2)cc1. The van der Waals surface area contributed by atoms with E-state index < -0.39 is 17.9 Å². The van der Waals surface area contributed by atoms with E-state index in [2.05, 4.69) is 5.32 Å². The van der Waals surface area contributed by atoms with Crippen LogP contribution in [0, 0.1) is 5.41 Å². The van der Waals surface area contributed by atoms with Crippen LogP contribution in [0.1, 0.15) is 21.5 Å². The van der Waals surface area contributed by atoms with Gasteiger partial charge >= 0.3 is 5.97 Å². The van der Waals surface area contributed by atoms with Gasteiger partial charge in [-0.25, -0.2) is 4.79 Å². The van der Waals surface area contributed by atoms with Crippen molar-refractivity contribution < 1.29 is 24.2 Å². The van der Waals surface area contributed by atoms with E-state index in [4.69, 9.17) is 20.6 Å². The van der Waals surface area contributed by atoms with Crippen molar-refractivity contribution in [3.8, 4) is 11.5 Å². The molecule has 0 fully saturated rings. The Morgan fingerprint density at radius 1 is 0.848 bits per heavy atom. The summed E-state index contributed by atoms with van der Waals surface area (Å²) in [4.78, 5) is 23.9. The molecule has 170 valence electrons. The number of carboxylic acids is 1. The Morgan fingerprint density at radius 3 is 1.91 bits per heavy atom. The van der Waals surface area contributed by atoms with Crippen molar-refractivity contribution in [2.24, 2.45) is 5.73 Å². The minimum absolute atomic E-state index is 0.00146. The van der Waals surface area contributed by atoms with Gasteiger partial charge in [0.25, 0.3) is 5.91 Å². The Kier molecular flexibility index (Phi) is 8.02. The van der Waals surface area contributed by atoms with E-state index in [1.54, 1.807) is 78.9 Å². The van der Waals surface area contributed by atoms with Crippen LogP contribution in [0.3, 0.4) is 0 Å². The van der Waals surface area contributed by atoms with E-state index in [-0.39, 0.29) is 12.3 Å². The second-order valence-corrected chi connectivity index (χ2v) is 7.21. The molecule has 33 heavy (non-hydrogen) atoms. The van der Waals surface area contributed by atoms with Gasteiger partial charge in [-0.15, -0.1) is 0 Å². The highest BCUT2D eigenvalue weighted by atomic mass is 16.5. The van der Waals surface area contributed by atoms with Crippen LogP contribution in [0.5, 0.6) is 11.5 Å². The third-order valence-electron chi connectivity index (χ3n) is 4.79. The van der Waals surface area contributed by atoms with Gasteiger partial charge in [-0.3, -0.25) is 10.2 Å². The van der Waals surface area contributed by atoms with Gasteiger partial charge in [0.05, 0.1) is 0 Å². The minimum Gasteiger partial charge on any atom is -0.490 e. The summed E-state index contributed by atoms with van der Waals surface area (Å²) in [6.45, 7) is 0.645. The Morgan fingerprint density at radius 2 is 1.39 bits per heavy atom. The summed E-state index contributed by atoms with van der Waals surface area (Å²) >= 11 is 0. The molecule has 1 amide bonds. The fraction of sp³-hybridized carbons (Fsp3) is 0.160. The van der Waals surface area contributed by atoms with Crippen LogP contribution in [-0.2, 0) is 11.2 Å². The predicted octanol–water partition coefficient (Wildman–Crippen LogP) is 2.85. The molecule has 0 saturated carbocycles. The number of carbonyl (C=O) groups excluding carboxylic acids is 1. The first-order valence-electron chi connectivity index (χ1n) is 10.3. The number of nitrogens with one attached hydrogen (secondary N) is 2. The number of ether oxygens (including phenoxy) is 2. The fourth-order valence-electron chi connectivity index (χ4n) is 3.04. The molecule has 0 bridgehead atoms. The molecule has 3 aromatic carbocycles. The average Bonchev–Trinajstić information content (AvgIpc) is 2.83. The van der Waals surface area contributed by atoms with E-state index in [0.717, 1.165) is 5.56 Å². The van der Waals surface area contributed by atoms with Crippen LogP contribution in [0.15, 0.2) is 78.9 Å². The van der Waals surface area contributed by atoms with Crippen molar-refractivity contribution >= 4 is 17.7 Å². The summed E-state index contributed by atoms with van der Waals surface area (Å²) in [7, 11) is 0. The fourth-order valence-corrected chi connectivity index (χ4v) is 3.04. The number of aliphatic carboxylic acids is 1. The zero-order valence-electron chi connectivity index (χ0n) is 17.9. The standard InChI is InChI=1S/C25H25N3O5/c26-23(27)18-8-12-21(13-9-18)33-15-14-32-20-10-6-17(7-11-20)16-22(25(30)31)28-24(29)19-4-2-1-3-5-19/h1-13,22H,14-16H2,(H3,26,27)(H,28,29)(H,30,31)/t22-/m0/s1. The van der Waals surface area contributed by atoms with E-state index >= 15 is 0 Å². The molecule has 3 rings (SSSR count). The molecular formula is C25H25N3O5. The number of amides is 1. The smallest absolute Gasteiger partial charge is 0.326 e. The second-order valence-electron chi connectivity index (χ2n) is 7.21. The summed E-state index contributed by atoms with van der Waals surface area (Å²) in [5, 5.41) is 19.4. The van der Waals surface area contributed by atoms with Gasteiger partial charge in [-0.2, -0.15) is 0 Å². The quantitative estimate of drug-likeness (QED) is 0.203. The van der Waals surface area contributed by atoms with Crippen molar-refractivity contribution in [2.75, 3.05) is 13.2 Å². The lowest BCUT2D eigenvalue weighted by Gasteiger charge is -2.15. The number of amidine groups is 1. The molecule has 0 aromatic heterocycles. The third kappa shape index (κ3) is 7.10. The van der Waals surface area contributed by atoms with Gasteiger partial charge in [0, 0.05) is 17.5 Å². The molecule has 8 nitrogen and oxygen atoms in total. The van der Waals surface area contributed by atoms with Gasteiger partial charge in [-0.1, -0.05) is 30.3 Å². The van der Waals surface area contributed by atoms with Crippen LogP contribution in [-0.4, -0.2) is 42.1 Å². The van der Waals surface area contributed by atoms with Crippen LogP contribution in [0.25, 0.3) is 0 Å². The molecule has 0 aliphatic carbocycles. The highest BCUT2D eigenvalue weighted by molar-refractivity contribution is 5.96. The number of benzene rings is 3. The van der Waals surface area contributed by atoms with E-state index in [1.165, 1.54) is 0 Å². The highest BCUT2D eigenvalue weighted by Gasteiger charge is 2.21. The predicted molar refractivity (Wildman–Crippen MR) is 124 cm³/mol. The molecule has 0 spiro atoms. The van der Waals surface area contributed by atoms with Crippen LogP contribution in [0.4, 0.5) is 0 Å². The number of carboxylic acid groups (broad SMARTS) is 1. The number of carbonyl (C=O) groups is 2. The van der Waals surface area contributed by atoms with Crippen molar-refractivity contribution in [1.82, 2.24) is 5.32 Å². The monoisotopic (exact) mass is 447 g/mol. The number of hydrogen-bond donors (Lipinski definition) is 4. The Labute approximate surface area is 191 Å². The highest BCUT2D eigenvalue weighted by Crippen LogP contribution is 2.15. The van der Waals surface area contributed by atoms with Gasteiger partial charge in [-0.05, 0) is 54.1 Å². The van der Waals surface area contributed by atoms with Gasteiger partial charge in [0.15, 0.2) is 0 Å². The molecular weight excluding hydrogens is 422 g/mol. The van der Waals surface area contributed by atoms with E-state index in [1.807, 2.05) is 0 Å². The number of nitrogens with two attached hydrogens (primary N) is 1. The maximum Gasteiger partial charge on any atom is 0.326 e. The van der Waals surface area contributed by atoms with E-state index in [9.17, 15) is 14.7 Å². The lowest BCUT2D eigenvalue weighted by molar-refractivity contribution is -0.139. The second kappa shape index (κ2) is 11.3. The minimum atomic E-state index is -1.10. The molecule has 8 heteroatoms. The first-order chi connectivity index (χ1) is 15.9. The lowest BCUT2D eigenvalue weighted by atomic mass is 10.1. The molecule has 3 aromatic rings. The lowest BCUT2D eigenvalue weighted by Crippen LogP contribution is -2.42. The summed E-state index contributed by atoms with van der Waals surface area (Å²) in [6.07, 6.45) is 0.146. The van der Waals surface area contributed by atoms with Crippen molar-refractivity contribution in [1.29, 1.82) is 5.41 Å². The molecule has 0 saturated heterocycles. The van der Waals surface area contributed by atoms with Crippen molar-refractivity contribution in [3.63, 3.8) is 0 Å². The van der Waals surface area contributed by atoms with Crippen molar-refractivity contribution in [3.05, 3.63) is 95.6 Å². The molecule has 1 atom stereocenters. The molecule has 0 aliphatic heterocycles. The largest absolute Gasteiger partial charge is 0.490 e. The Bertz CT molecular complexity index is 1080. The maximum atomic E-state index is 12.3. The van der Waals surface area contributed by atoms with Gasteiger partial charge < -0.3 is 25.6 Å². The average molecular weight is 447 g/mol. The summed E-state index contributed by atoms with van der Waals surface area (Å²) in [6, 6.07) is 21.4. The topological polar surface area (TPSA) is 135 Å². The number of rotatable bonds is 11. The van der Waals surface area contributed by atoms with Crippen molar-refractivity contribution in [2.45, 2.75) is 12.5 Å². The zero-order chi connectivity index (χ0) is 23.6. The number of hydrogen-bond acceptors (Lipinski definition) is 5. The Balaban J connectivity index is 1.46. The van der Waals surface area contributed by atoms with Gasteiger partial charge in [0.1, 0.15) is 36.6 Å². The Hall–Kier alpha value is -4.33. The van der Waals surface area contributed by atoms with Crippen LogP contribution in [0.2, 0.25) is 0 Å². The normalized spacial score (nSPS) is 11.3. The first kappa shape index (κ1) is 23.3. The maximum absolute atomic E-state index is 12.3. The van der Waals surface area contributed by atoms with E-state index in [0.29, 0.717) is 35.8 Å². The molecule has 5 N–H and O–H groups in total. The molecule has 0 heterocycles. The van der Waals surface area contributed by atoms with Crippen LogP contribution < -0.4 is 20.5 Å². The molecule has 0 aliphatic rings. The number of nitrogen functional groups attached to an aromatic ring is 1.